The lowest BCUT2D eigenvalue weighted by atomic mass is 10.4. The van der Waals surface area contributed by atoms with Crippen molar-refractivity contribution in [3.8, 4) is 11.5 Å². The van der Waals surface area contributed by atoms with Crippen LogP contribution >= 0.6 is 11.8 Å². The van der Waals surface area contributed by atoms with Crippen molar-refractivity contribution in [3.05, 3.63) is 28.4 Å². The van der Waals surface area contributed by atoms with Crippen LogP contribution in [0.1, 0.15) is 19.8 Å². The maximum Gasteiger partial charge on any atom is 0.224 e. The molecule has 15 heavy (non-hydrogen) atoms. The maximum atomic E-state index is 11.1. The van der Waals surface area contributed by atoms with Crippen LogP contribution in [0.15, 0.2) is 27.9 Å². The molecule has 0 aliphatic rings. The Morgan fingerprint density at radius 3 is 2.67 bits per heavy atom. The second kappa shape index (κ2) is 5.66. The first kappa shape index (κ1) is 11.9. The molecule has 0 radical (unpaired) electrons. The third-order valence-corrected chi connectivity index (χ3v) is 3.07. The lowest BCUT2D eigenvalue weighted by Gasteiger charge is -2.00. The summed E-state index contributed by atoms with van der Waals surface area (Å²) in [5.41, 5.74) is -0.560. The molecule has 0 unspecified atom stereocenters. The molecular weight excluding hydrogens is 212 g/mol. The van der Waals surface area contributed by atoms with Gasteiger partial charge in [-0.05, 0) is 24.3 Å². The monoisotopic (exact) mass is 226 g/mol. The fourth-order valence-corrected chi connectivity index (χ4v) is 2.12. The van der Waals surface area contributed by atoms with Gasteiger partial charge >= 0.3 is 0 Å². The predicted molar refractivity (Wildman–Crippen MR) is 61.7 cm³/mol. The molecule has 0 bridgehead atoms. The summed E-state index contributed by atoms with van der Waals surface area (Å²) in [6, 6.07) is 4.41. The molecule has 1 rings (SSSR count). The first-order valence-corrected chi connectivity index (χ1v) is 5.83. The largest absolute Gasteiger partial charge is 0.503 e. The summed E-state index contributed by atoms with van der Waals surface area (Å²) in [5, 5.41) is 18.9. The maximum absolute atomic E-state index is 11.1. The molecule has 1 aromatic carbocycles. The van der Waals surface area contributed by atoms with Gasteiger partial charge in [-0.2, -0.15) is 0 Å². The molecule has 0 saturated heterocycles. The van der Waals surface area contributed by atoms with Crippen LogP contribution in [-0.2, 0) is 0 Å². The Labute approximate surface area is 92.8 Å². The van der Waals surface area contributed by atoms with E-state index in [9.17, 15) is 15.0 Å². The third kappa shape index (κ3) is 3.16. The van der Waals surface area contributed by atoms with Crippen LogP contribution in [0.5, 0.6) is 11.5 Å². The van der Waals surface area contributed by atoms with E-state index < -0.39 is 11.2 Å². The summed E-state index contributed by atoms with van der Waals surface area (Å²) in [6.07, 6.45) is 2.11. The summed E-state index contributed by atoms with van der Waals surface area (Å²) >= 11 is 1.44. The molecule has 0 amide bonds. The van der Waals surface area contributed by atoms with Crippen molar-refractivity contribution in [2.45, 2.75) is 24.7 Å². The van der Waals surface area contributed by atoms with E-state index >= 15 is 0 Å². The number of unbranched alkanes of at least 4 members (excludes halogenated alkanes) is 1. The minimum atomic E-state index is -0.570. The van der Waals surface area contributed by atoms with Crippen LogP contribution in [-0.4, -0.2) is 16.0 Å². The van der Waals surface area contributed by atoms with Crippen molar-refractivity contribution in [2.24, 2.45) is 0 Å². The van der Waals surface area contributed by atoms with Gasteiger partial charge in [0.1, 0.15) is 0 Å². The Hall–Kier alpha value is -1.16. The fraction of sp³-hybridized carbons (Fsp3) is 0.364. The topological polar surface area (TPSA) is 57.5 Å². The van der Waals surface area contributed by atoms with Crippen LogP contribution in [0.25, 0.3) is 0 Å². The average Bonchev–Trinajstić information content (AvgIpc) is 2.34. The van der Waals surface area contributed by atoms with Gasteiger partial charge in [-0.15, -0.1) is 11.8 Å². The van der Waals surface area contributed by atoms with Crippen molar-refractivity contribution in [3.63, 3.8) is 0 Å². The van der Waals surface area contributed by atoms with Gasteiger partial charge in [-0.3, -0.25) is 4.79 Å². The van der Waals surface area contributed by atoms with Crippen molar-refractivity contribution in [1.82, 2.24) is 0 Å². The Morgan fingerprint density at radius 2 is 2.00 bits per heavy atom. The van der Waals surface area contributed by atoms with Gasteiger partial charge in [-0.1, -0.05) is 19.4 Å². The van der Waals surface area contributed by atoms with Crippen LogP contribution in [0, 0.1) is 0 Å². The molecule has 2 N–H and O–H groups in total. The van der Waals surface area contributed by atoms with Gasteiger partial charge in [0.15, 0.2) is 5.75 Å². The zero-order chi connectivity index (χ0) is 11.3. The molecule has 0 aliphatic carbocycles. The van der Waals surface area contributed by atoms with Gasteiger partial charge in [-0.25, -0.2) is 0 Å². The smallest absolute Gasteiger partial charge is 0.224 e. The van der Waals surface area contributed by atoms with E-state index in [0.29, 0.717) is 4.90 Å². The van der Waals surface area contributed by atoms with Gasteiger partial charge in [0, 0.05) is 0 Å². The summed E-state index contributed by atoms with van der Waals surface area (Å²) in [4.78, 5) is 11.6. The van der Waals surface area contributed by atoms with Crippen LogP contribution < -0.4 is 5.43 Å². The Kier molecular flexibility index (Phi) is 4.49. The van der Waals surface area contributed by atoms with E-state index in [1.807, 2.05) is 0 Å². The first-order chi connectivity index (χ1) is 7.16. The highest BCUT2D eigenvalue weighted by Crippen LogP contribution is 2.32. The fourth-order valence-electron chi connectivity index (χ4n) is 1.06. The Morgan fingerprint density at radius 1 is 1.27 bits per heavy atom. The normalized spacial score (nSPS) is 10.2. The zero-order valence-electron chi connectivity index (χ0n) is 8.56. The molecule has 0 fully saturated rings. The number of hydrogen-bond acceptors (Lipinski definition) is 4. The number of rotatable bonds is 4. The van der Waals surface area contributed by atoms with Crippen LogP contribution in [0.4, 0.5) is 0 Å². The summed E-state index contributed by atoms with van der Waals surface area (Å²) in [5.74, 6) is -0.0214. The molecule has 82 valence electrons. The predicted octanol–water partition coefficient (Wildman–Crippen LogP) is 2.35. The quantitative estimate of drug-likeness (QED) is 0.611. The van der Waals surface area contributed by atoms with Gasteiger partial charge in [0.2, 0.25) is 11.2 Å². The lowest BCUT2D eigenvalue weighted by molar-refractivity contribution is 0.394. The average molecular weight is 226 g/mol. The lowest BCUT2D eigenvalue weighted by Crippen LogP contribution is -1.92. The zero-order valence-corrected chi connectivity index (χ0v) is 9.38. The van der Waals surface area contributed by atoms with Crippen molar-refractivity contribution >= 4 is 11.8 Å². The summed E-state index contributed by atoms with van der Waals surface area (Å²) in [6.45, 7) is 2.08. The van der Waals surface area contributed by atoms with E-state index in [-0.39, 0.29) is 5.75 Å². The van der Waals surface area contributed by atoms with Crippen LogP contribution in [0.3, 0.4) is 0 Å². The van der Waals surface area contributed by atoms with Crippen molar-refractivity contribution < 1.29 is 10.2 Å². The SMILES string of the molecule is CCCCSc1cccc(=O)c(O)c1O. The summed E-state index contributed by atoms with van der Waals surface area (Å²) < 4.78 is 0. The van der Waals surface area contributed by atoms with E-state index in [1.165, 1.54) is 23.9 Å². The van der Waals surface area contributed by atoms with Gasteiger partial charge < -0.3 is 10.2 Å². The van der Waals surface area contributed by atoms with Crippen molar-refractivity contribution in [2.75, 3.05) is 5.75 Å². The molecule has 1 aromatic rings. The second-order valence-corrected chi connectivity index (χ2v) is 4.29. The number of hydrogen-bond donors (Lipinski definition) is 2. The van der Waals surface area contributed by atoms with E-state index in [1.54, 1.807) is 6.07 Å². The molecule has 0 heterocycles. The van der Waals surface area contributed by atoms with Gasteiger partial charge in [0.25, 0.3) is 0 Å². The highest BCUT2D eigenvalue weighted by Gasteiger charge is 2.07. The summed E-state index contributed by atoms with van der Waals surface area (Å²) in [7, 11) is 0. The molecule has 0 aromatic heterocycles. The molecule has 0 saturated carbocycles. The van der Waals surface area contributed by atoms with E-state index in [4.69, 9.17) is 0 Å². The molecule has 3 nitrogen and oxygen atoms in total. The molecule has 0 spiro atoms. The first-order valence-electron chi connectivity index (χ1n) is 4.85. The molecular formula is C11H14O3S. The Balaban J connectivity index is 2.95. The van der Waals surface area contributed by atoms with Gasteiger partial charge in [0.05, 0.1) is 4.90 Å². The molecule has 4 heteroatoms. The number of thioether (sulfide) groups is 1. The molecule has 0 aliphatic heterocycles. The second-order valence-electron chi connectivity index (χ2n) is 3.15. The minimum Gasteiger partial charge on any atom is -0.503 e. The van der Waals surface area contributed by atoms with Crippen LogP contribution in [0.2, 0.25) is 0 Å². The Bertz CT molecular complexity index is 390. The standard InChI is InChI=1S/C11H14O3S/c1-2-3-7-15-9-6-4-5-8(12)10(13)11(9)14/h4-6H,2-3,7H2,1H3,(H2,12,13,14). The minimum absolute atomic E-state index is 0.314. The third-order valence-electron chi connectivity index (χ3n) is 1.94. The van der Waals surface area contributed by atoms with E-state index in [0.717, 1.165) is 18.6 Å². The molecule has 0 atom stereocenters. The van der Waals surface area contributed by atoms with E-state index in [2.05, 4.69) is 6.92 Å². The van der Waals surface area contributed by atoms with Crippen molar-refractivity contribution in [1.29, 1.82) is 0 Å². The highest BCUT2D eigenvalue weighted by molar-refractivity contribution is 7.99. The number of aromatic hydroxyl groups is 2. The highest BCUT2D eigenvalue weighted by atomic mass is 32.2.